The van der Waals surface area contributed by atoms with E-state index in [4.69, 9.17) is 5.73 Å². The van der Waals surface area contributed by atoms with Gasteiger partial charge in [0.15, 0.2) is 0 Å². The lowest BCUT2D eigenvalue weighted by Gasteiger charge is -2.20. The summed E-state index contributed by atoms with van der Waals surface area (Å²) in [7, 11) is 0. The van der Waals surface area contributed by atoms with Crippen molar-refractivity contribution in [2.45, 2.75) is 30.6 Å². The van der Waals surface area contributed by atoms with Crippen LogP contribution in [0.15, 0.2) is 24.3 Å². The summed E-state index contributed by atoms with van der Waals surface area (Å²) in [6.45, 7) is 0. The Labute approximate surface area is 95.6 Å². The molecule has 1 saturated carbocycles. The highest BCUT2D eigenvalue weighted by Crippen LogP contribution is 2.30. The molecular formula is C12H18N2S. The summed E-state index contributed by atoms with van der Waals surface area (Å²) < 4.78 is 0. The number of nitrogens with one attached hydrogen (secondary N) is 1. The molecule has 1 aliphatic carbocycles. The SMILES string of the molecule is CSC1CCCC1Nc1ccc(N)cc1. The predicted molar refractivity (Wildman–Crippen MR) is 69.4 cm³/mol. The number of thioether (sulfide) groups is 1. The average Bonchev–Trinajstić information content (AvgIpc) is 2.69. The van der Waals surface area contributed by atoms with Crippen LogP contribution in [0.25, 0.3) is 0 Å². The molecule has 0 heterocycles. The molecule has 82 valence electrons. The molecule has 2 unspecified atom stereocenters. The van der Waals surface area contributed by atoms with Crippen LogP contribution in [-0.2, 0) is 0 Å². The topological polar surface area (TPSA) is 38.0 Å². The van der Waals surface area contributed by atoms with Crippen LogP contribution in [0.3, 0.4) is 0 Å². The van der Waals surface area contributed by atoms with Gasteiger partial charge in [-0.05, 0) is 43.4 Å². The van der Waals surface area contributed by atoms with Crippen molar-refractivity contribution in [2.75, 3.05) is 17.3 Å². The molecule has 3 heteroatoms. The van der Waals surface area contributed by atoms with Crippen molar-refractivity contribution in [1.29, 1.82) is 0 Å². The third kappa shape index (κ3) is 2.59. The van der Waals surface area contributed by atoms with Gasteiger partial charge >= 0.3 is 0 Å². The Hall–Kier alpha value is -0.830. The van der Waals surface area contributed by atoms with Crippen molar-refractivity contribution < 1.29 is 0 Å². The fourth-order valence-electron chi connectivity index (χ4n) is 2.17. The first-order valence-electron chi connectivity index (χ1n) is 5.44. The molecule has 1 aliphatic rings. The van der Waals surface area contributed by atoms with Crippen LogP contribution in [-0.4, -0.2) is 17.5 Å². The van der Waals surface area contributed by atoms with Gasteiger partial charge in [-0.3, -0.25) is 0 Å². The molecule has 1 fully saturated rings. The van der Waals surface area contributed by atoms with E-state index in [1.54, 1.807) is 0 Å². The Morgan fingerprint density at radius 1 is 1.27 bits per heavy atom. The molecule has 3 N–H and O–H groups in total. The number of hydrogen-bond donors (Lipinski definition) is 2. The first kappa shape index (κ1) is 10.7. The summed E-state index contributed by atoms with van der Waals surface area (Å²) in [5, 5.41) is 4.36. The maximum Gasteiger partial charge on any atom is 0.0379 e. The molecule has 0 amide bonds. The average molecular weight is 222 g/mol. The second kappa shape index (κ2) is 4.79. The summed E-state index contributed by atoms with van der Waals surface area (Å²) in [6.07, 6.45) is 6.18. The number of rotatable bonds is 3. The van der Waals surface area contributed by atoms with Gasteiger partial charge in [0.25, 0.3) is 0 Å². The minimum absolute atomic E-state index is 0.628. The van der Waals surface area contributed by atoms with E-state index in [9.17, 15) is 0 Å². The van der Waals surface area contributed by atoms with Crippen LogP contribution in [0.1, 0.15) is 19.3 Å². The van der Waals surface area contributed by atoms with Gasteiger partial charge in [0.1, 0.15) is 0 Å². The van der Waals surface area contributed by atoms with Gasteiger partial charge in [0, 0.05) is 22.7 Å². The van der Waals surface area contributed by atoms with Gasteiger partial charge in [-0.2, -0.15) is 11.8 Å². The molecule has 0 spiro atoms. The van der Waals surface area contributed by atoms with Gasteiger partial charge < -0.3 is 11.1 Å². The zero-order valence-electron chi connectivity index (χ0n) is 9.07. The van der Waals surface area contributed by atoms with E-state index in [1.807, 2.05) is 23.9 Å². The Kier molecular flexibility index (Phi) is 3.41. The molecule has 2 rings (SSSR count). The van der Waals surface area contributed by atoms with Gasteiger partial charge in [0.2, 0.25) is 0 Å². The minimum Gasteiger partial charge on any atom is -0.399 e. The van der Waals surface area contributed by atoms with E-state index in [1.165, 1.54) is 24.9 Å². The lowest BCUT2D eigenvalue weighted by molar-refractivity contribution is 0.769. The van der Waals surface area contributed by atoms with Crippen molar-refractivity contribution in [2.24, 2.45) is 0 Å². The number of nitrogens with two attached hydrogens (primary N) is 1. The second-order valence-corrected chi connectivity index (χ2v) is 5.15. The minimum atomic E-state index is 0.628. The largest absolute Gasteiger partial charge is 0.399 e. The van der Waals surface area contributed by atoms with Gasteiger partial charge in [-0.1, -0.05) is 6.42 Å². The standard InChI is InChI=1S/C12H18N2S/c1-15-12-4-2-3-11(12)14-10-7-5-9(13)6-8-10/h5-8,11-12,14H,2-4,13H2,1H3. The molecular weight excluding hydrogens is 204 g/mol. The maximum absolute atomic E-state index is 5.66. The van der Waals surface area contributed by atoms with Crippen LogP contribution in [0, 0.1) is 0 Å². The van der Waals surface area contributed by atoms with Crippen LogP contribution in [0.5, 0.6) is 0 Å². The van der Waals surface area contributed by atoms with E-state index >= 15 is 0 Å². The monoisotopic (exact) mass is 222 g/mol. The third-order valence-corrected chi connectivity index (χ3v) is 4.19. The Morgan fingerprint density at radius 2 is 2.00 bits per heavy atom. The highest BCUT2D eigenvalue weighted by atomic mass is 32.2. The van der Waals surface area contributed by atoms with Crippen molar-refractivity contribution in [3.8, 4) is 0 Å². The lowest BCUT2D eigenvalue weighted by Crippen LogP contribution is -2.25. The zero-order valence-corrected chi connectivity index (χ0v) is 9.89. The fraction of sp³-hybridized carbons (Fsp3) is 0.500. The molecule has 15 heavy (non-hydrogen) atoms. The second-order valence-electron chi connectivity index (χ2n) is 4.08. The summed E-state index contributed by atoms with van der Waals surface area (Å²) in [5.41, 5.74) is 7.67. The van der Waals surface area contributed by atoms with Gasteiger partial charge in [-0.25, -0.2) is 0 Å². The highest BCUT2D eigenvalue weighted by Gasteiger charge is 2.25. The molecule has 0 aromatic heterocycles. The summed E-state index contributed by atoms with van der Waals surface area (Å²) in [4.78, 5) is 0. The Balaban J connectivity index is 1.99. The number of benzene rings is 1. The number of anilines is 2. The zero-order chi connectivity index (χ0) is 10.7. The van der Waals surface area contributed by atoms with E-state index in [0.717, 1.165) is 10.9 Å². The maximum atomic E-state index is 5.66. The first-order valence-corrected chi connectivity index (χ1v) is 6.73. The molecule has 0 bridgehead atoms. The van der Waals surface area contributed by atoms with Crippen molar-refractivity contribution >= 4 is 23.1 Å². The summed E-state index contributed by atoms with van der Waals surface area (Å²) >= 11 is 1.98. The molecule has 2 nitrogen and oxygen atoms in total. The van der Waals surface area contributed by atoms with E-state index < -0.39 is 0 Å². The third-order valence-electron chi connectivity index (χ3n) is 3.02. The molecule has 1 aromatic carbocycles. The quantitative estimate of drug-likeness (QED) is 0.772. The number of nitrogen functional groups attached to an aromatic ring is 1. The molecule has 0 radical (unpaired) electrons. The van der Waals surface area contributed by atoms with Crippen LogP contribution in [0.4, 0.5) is 11.4 Å². The lowest BCUT2D eigenvalue weighted by atomic mass is 10.2. The predicted octanol–water partition coefficient (Wildman–Crippen LogP) is 2.96. The smallest absolute Gasteiger partial charge is 0.0379 e. The van der Waals surface area contributed by atoms with Crippen LogP contribution < -0.4 is 11.1 Å². The van der Waals surface area contributed by atoms with Crippen molar-refractivity contribution in [3.63, 3.8) is 0 Å². The van der Waals surface area contributed by atoms with Crippen molar-refractivity contribution in [1.82, 2.24) is 0 Å². The Bertz CT molecular complexity index is 310. The Morgan fingerprint density at radius 3 is 2.67 bits per heavy atom. The van der Waals surface area contributed by atoms with E-state index in [0.29, 0.717) is 6.04 Å². The van der Waals surface area contributed by atoms with Gasteiger partial charge in [0.05, 0.1) is 0 Å². The van der Waals surface area contributed by atoms with Crippen LogP contribution >= 0.6 is 11.8 Å². The van der Waals surface area contributed by atoms with Crippen LogP contribution in [0.2, 0.25) is 0 Å². The highest BCUT2D eigenvalue weighted by molar-refractivity contribution is 7.99. The normalized spacial score (nSPS) is 25.4. The summed E-state index contributed by atoms with van der Waals surface area (Å²) in [6, 6.07) is 8.65. The van der Waals surface area contributed by atoms with E-state index in [2.05, 4.69) is 23.7 Å². The molecule has 0 saturated heterocycles. The fourth-order valence-corrected chi connectivity index (χ4v) is 3.10. The molecule has 0 aliphatic heterocycles. The molecule has 1 aromatic rings. The first-order chi connectivity index (χ1) is 7.29. The molecule has 2 atom stereocenters. The van der Waals surface area contributed by atoms with Gasteiger partial charge in [-0.15, -0.1) is 0 Å². The summed E-state index contributed by atoms with van der Waals surface area (Å²) in [5.74, 6) is 0. The number of hydrogen-bond acceptors (Lipinski definition) is 3. The van der Waals surface area contributed by atoms with E-state index in [-0.39, 0.29) is 0 Å². The van der Waals surface area contributed by atoms with Crippen molar-refractivity contribution in [3.05, 3.63) is 24.3 Å².